The summed E-state index contributed by atoms with van der Waals surface area (Å²) in [6.45, 7) is 3.97. The van der Waals surface area contributed by atoms with Gasteiger partial charge in [-0.3, -0.25) is 28.9 Å². The topological polar surface area (TPSA) is 218 Å². The summed E-state index contributed by atoms with van der Waals surface area (Å²) >= 11 is 0. The molecule has 234 valence electrons. The van der Waals surface area contributed by atoms with E-state index < -0.39 is 29.9 Å². The van der Waals surface area contributed by atoms with Gasteiger partial charge in [0.15, 0.2) is 5.34 Å². The molecule has 2 rings (SSSR count). The van der Waals surface area contributed by atoms with Gasteiger partial charge in [-0.05, 0) is 49.3 Å². The van der Waals surface area contributed by atoms with Crippen LogP contribution in [0.4, 0.5) is 10.5 Å². The predicted molar refractivity (Wildman–Crippen MR) is 156 cm³/mol. The number of hydrogen-bond donors (Lipinski definition) is 5. The Balaban J connectivity index is 1.93. The highest BCUT2D eigenvalue weighted by atomic mass is 16.7. The summed E-state index contributed by atoms with van der Waals surface area (Å²) in [5.74, 6) is -2.38. The fourth-order valence-electron chi connectivity index (χ4n) is 4.23. The maximum absolute atomic E-state index is 13.2. The lowest BCUT2D eigenvalue weighted by molar-refractivity contribution is -0.137. The van der Waals surface area contributed by atoms with Gasteiger partial charge in [-0.1, -0.05) is 32.4 Å². The lowest BCUT2D eigenvalue weighted by Crippen LogP contribution is -2.54. The minimum absolute atomic E-state index is 0.0239. The SMILES string of the molecule is CC(C)[C@H](NC(=O)CCCCCN1C(=O)C=CC1=O)C(=O)NC(CCCNC(N)=O)C(=O)Nc1ccc(CON=O)cc1. The number of anilines is 1. The number of rotatable bonds is 19. The molecular weight excluding hydrogens is 562 g/mol. The minimum Gasteiger partial charge on any atom is -0.359 e. The van der Waals surface area contributed by atoms with Crippen molar-refractivity contribution in [3.63, 3.8) is 0 Å². The first-order valence-corrected chi connectivity index (χ1v) is 14.0. The van der Waals surface area contributed by atoms with Crippen molar-refractivity contribution < 1.29 is 33.6 Å². The van der Waals surface area contributed by atoms with E-state index in [1.807, 2.05) is 0 Å². The molecule has 0 saturated heterocycles. The Morgan fingerprint density at radius 2 is 1.60 bits per heavy atom. The molecule has 1 aromatic carbocycles. The summed E-state index contributed by atoms with van der Waals surface area (Å²) in [6, 6.07) is 3.86. The quantitative estimate of drug-likeness (QED) is 0.0673. The Morgan fingerprint density at radius 1 is 0.930 bits per heavy atom. The summed E-state index contributed by atoms with van der Waals surface area (Å²) in [6.07, 6.45) is 4.75. The molecule has 2 atom stereocenters. The van der Waals surface area contributed by atoms with E-state index in [1.165, 1.54) is 12.2 Å². The molecule has 1 aromatic rings. The average Bonchev–Trinajstić information content (AvgIpc) is 3.28. The maximum Gasteiger partial charge on any atom is 0.312 e. The first kappa shape index (κ1) is 34.4. The number of imide groups is 1. The molecule has 0 aromatic heterocycles. The van der Waals surface area contributed by atoms with Crippen molar-refractivity contribution in [3.8, 4) is 0 Å². The lowest BCUT2D eigenvalue weighted by atomic mass is 10.0. The molecule has 0 radical (unpaired) electrons. The highest BCUT2D eigenvalue weighted by Crippen LogP contribution is 2.13. The molecule has 15 nitrogen and oxygen atoms in total. The highest BCUT2D eigenvalue weighted by molar-refractivity contribution is 6.12. The number of primary amides is 1. The van der Waals surface area contributed by atoms with Crippen molar-refractivity contribution in [1.29, 1.82) is 0 Å². The predicted octanol–water partition coefficient (Wildman–Crippen LogP) is 1.38. The van der Waals surface area contributed by atoms with Gasteiger partial charge in [0.05, 0.1) is 0 Å². The van der Waals surface area contributed by atoms with Crippen LogP contribution in [0, 0.1) is 10.8 Å². The minimum atomic E-state index is -0.993. The zero-order chi connectivity index (χ0) is 31.8. The van der Waals surface area contributed by atoms with Gasteiger partial charge in [-0.15, -0.1) is 4.91 Å². The molecule has 1 aliphatic heterocycles. The van der Waals surface area contributed by atoms with E-state index in [9.17, 15) is 33.7 Å². The van der Waals surface area contributed by atoms with Crippen LogP contribution in [0.2, 0.25) is 0 Å². The van der Waals surface area contributed by atoms with Crippen LogP contribution >= 0.6 is 0 Å². The number of amides is 7. The Hall–Kier alpha value is -4.82. The van der Waals surface area contributed by atoms with Crippen LogP contribution in [0.1, 0.15) is 57.9 Å². The second kappa shape index (κ2) is 17.9. The molecule has 0 bridgehead atoms. The van der Waals surface area contributed by atoms with E-state index in [2.05, 4.69) is 31.4 Å². The molecule has 0 aliphatic carbocycles. The maximum atomic E-state index is 13.2. The van der Waals surface area contributed by atoms with Crippen molar-refractivity contribution in [2.24, 2.45) is 17.0 Å². The standard InChI is InChI=1S/C28H39N7O8/c1-18(2)25(33-22(36)8-4-3-5-16-35-23(37)13-14-24(35)38)27(40)32-21(7-6-15-30-28(29)41)26(39)31-20-11-9-19(10-12-20)17-43-34-42/h9-14,18,21,25H,3-8,15-17H2,1-2H3,(H,31,39)(H,32,40)(H,33,36)(H3,29,30,41)/t21?,25-/m0/s1. The van der Waals surface area contributed by atoms with E-state index in [-0.39, 0.29) is 56.2 Å². The average molecular weight is 602 g/mol. The zero-order valence-corrected chi connectivity index (χ0v) is 24.3. The number of nitrogens with two attached hydrogens (primary N) is 1. The second-order valence-corrected chi connectivity index (χ2v) is 10.3. The molecule has 7 amide bonds. The Bertz CT molecular complexity index is 1170. The van der Waals surface area contributed by atoms with Gasteiger partial charge in [-0.2, -0.15) is 0 Å². The van der Waals surface area contributed by atoms with E-state index >= 15 is 0 Å². The summed E-state index contributed by atoms with van der Waals surface area (Å²) in [5.41, 5.74) is 6.19. The van der Waals surface area contributed by atoms with Gasteiger partial charge in [0.2, 0.25) is 17.7 Å². The highest BCUT2D eigenvalue weighted by Gasteiger charge is 2.29. The van der Waals surface area contributed by atoms with Gasteiger partial charge >= 0.3 is 6.03 Å². The third-order valence-electron chi connectivity index (χ3n) is 6.56. The fourth-order valence-corrected chi connectivity index (χ4v) is 4.23. The summed E-state index contributed by atoms with van der Waals surface area (Å²) in [7, 11) is 0. The monoisotopic (exact) mass is 601 g/mol. The molecule has 0 spiro atoms. The van der Waals surface area contributed by atoms with Crippen LogP contribution in [0.3, 0.4) is 0 Å². The number of nitrogens with one attached hydrogen (secondary N) is 4. The Labute approximate surface area is 249 Å². The molecule has 0 saturated carbocycles. The number of hydrogen-bond acceptors (Lipinski definition) is 9. The van der Waals surface area contributed by atoms with Gasteiger partial charge < -0.3 is 31.8 Å². The van der Waals surface area contributed by atoms with Gasteiger partial charge in [0, 0.05) is 37.3 Å². The van der Waals surface area contributed by atoms with Crippen LogP contribution in [0.25, 0.3) is 0 Å². The Kier molecular flexibility index (Phi) is 14.3. The van der Waals surface area contributed by atoms with Gasteiger partial charge in [0.1, 0.15) is 18.7 Å². The lowest BCUT2D eigenvalue weighted by Gasteiger charge is -2.25. The smallest absolute Gasteiger partial charge is 0.312 e. The molecular formula is C28H39N7O8. The Morgan fingerprint density at radius 3 is 2.21 bits per heavy atom. The van der Waals surface area contributed by atoms with Crippen LogP contribution in [0.15, 0.2) is 41.8 Å². The van der Waals surface area contributed by atoms with Crippen molar-refractivity contribution in [2.45, 2.75) is 71.1 Å². The van der Waals surface area contributed by atoms with Crippen LogP contribution in [0.5, 0.6) is 0 Å². The number of unbranched alkanes of at least 4 members (excludes halogenated alkanes) is 2. The fraction of sp³-hybridized carbons (Fsp3) is 0.500. The molecule has 6 N–H and O–H groups in total. The van der Waals surface area contributed by atoms with E-state index in [0.717, 1.165) is 4.90 Å². The van der Waals surface area contributed by atoms with Crippen molar-refractivity contribution in [3.05, 3.63) is 46.9 Å². The zero-order valence-electron chi connectivity index (χ0n) is 24.3. The number of benzene rings is 1. The molecule has 1 aliphatic rings. The summed E-state index contributed by atoms with van der Waals surface area (Å²) in [4.78, 5) is 89.0. The van der Waals surface area contributed by atoms with Crippen molar-refractivity contribution in [1.82, 2.24) is 20.9 Å². The number of carbonyl (C=O) groups excluding carboxylic acids is 6. The molecule has 15 heteroatoms. The molecule has 43 heavy (non-hydrogen) atoms. The van der Waals surface area contributed by atoms with Crippen LogP contribution in [-0.4, -0.2) is 65.6 Å². The number of urea groups is 1. The number of nitrogens with zero attached hydrogens (tertiary/aromatic N) is 2. The summed E-state index contributed by atoms with van der Waals surface area (Å²) in [5, 5.41) is 13.0. The van der Waals surface area contributed by atoms with E-state index in [1.54, 1.807) is 38.1 Å². The second-order valence-electron chi connectivity index (χ2n) is 10.3. The van der Waals surface area contributed by atoms with Crippen molar-refractivity contribution >= 4 is 41.3 Å². The normalized spacial score (nSPS) is 13.8. The van der Waals surface area contributed by atoms with E-state index in [4.69, 9.17) is 5.73 Å². The van der Waals surface area contributed by atoms with Gasteiger partial charge in [0.25, 0.3) is 11.8 Å². The van der Waals surface area contributed by atoms with Crippen molar-refractivity contribution in [2.75, 3.05) is 18.4 Å². The molecule has 0 fully saturated rings. The number of carbonyl (C=O) groups is 6. The first-order valence-electron chi connectivity index (χ1n) is 14.0. The molecule has 1 unspecified atom stereocenters. The van der Waals surface area contributed by atoms with Gasteiger partial charge in [-0.25, -0.2) is 4.79 Å². The van der Waals surface area contributed by atoms with Crippen LogP contribution in [-0.2, 0) is 35.4 Å². The third-order valence-corrected chi connectivity index (χ3v) is 6.56. The molecule has 1 heterocycles. The first-order chi connectivity index (χ1) is 20.5. The summed E-state index contributed by atoms with van der Waals surface area (Å²) < 4.78 is 0. The largest absolute Gasteiger partial charge is 0.359 e. The van der Waals surface area contributed by atoms with E-state index in [0.29, 0.717) is 36.9 Å². The van der Waals surface area contributed by atoms with Crippen LogP contribution < -0.4 is 27.0 Å². The third kappa shape index (κ3) is 12.3.